The summed E-state index contributed by atoms with van der Waals surface area (Å²) >= 11 is 0. The van der Waals surface area contributed by atoms with Crippen LogP contribution < -0.4 is 16.0 Å². The lowest BCUT2D eigenvalue weighted by atomic mass is 9.99. The van der Waals surface area contributed by atoms with Crippen molar-refractivity contribution in [3.05, 3.63) is 29.3 Å². The van der Waals surface area contributed by atoms with E-state index >= 15 is 0 Å². The van der Waals surface area contributed by atoms with Crippen LogP contribution in [0.4, 0.5) is 0 Å². The zero-order valence-electron chi connectivity index (χ0n) is 13.4. The summed E-state index contributed by atoms with van der Waals surface area (Å²) < 4.78 is 5.55. The van der Waals surface area contributed by atoms with Gasteiger partial charge in [0, 0.05) is 12.5 Å². The first-order valence-corrected chi connectivity index (χ1v) is 8.54. The van der Waals surface area contributed by atoms with Crippen LogP contribution >= 0.6 is 0 Å². The molecule has 1 aromatic rings. The van der Waals surface area contributed by atoms with E-state index in [0.29, 0.717) is 6.04 Å². The quantitative estimate of drug-likeness (QED) is 0.392. The average molecular weight is 290 g/mol. The van der Waals surface area contributed by atoms with Crippen molar-refractivity contribution in [1.29, 1.82) is 0 Å². The summed E-state index contributed by atoms with van der Waals surface area (Å²) in [5.41, 5.74) is 5.76. The van der Waals surface area contributed by atoms with E-state index in [1.807, 2.05) is 0 Å². The van der Waals surface area contributed by atoms with Crippen LogP contribution in [0.25, 0.3) is 0 Å². The van der Waals surface area contributed by atoms with Crippen LogP contribution in [-0.2, 0) is 12.8 Å². The number of rotatable bonds is 10. The van der Waals surface area contributed by atoms with E-state index in [4.69, 9.17) is 10.6 Å². The molecular formula is C18H30N2O. The van der Waals surface area contributed by atoms with Crippen molar-refractivity contribution in [3.63, 3.8) is 0 Å². The highest BCUT2D eigenvalue weighted by atomic mass is 16.5. The number of unbranched alkanes of at least 4 members (excludes halogenated alkanes) is 4. The Kier molecular flexibility index (Phi) is 7.04. The van der Waals surface area contributed by atoms with Crippen molar-refractivity contribution in [2.45, 2.75) is 70.8 Å². The molecule has 0 aromatic heterocycles. The van der Waals surface area contributed by atoms with Crippen LogP contribution in [0.1, 0.15) is 63.0 Å². The molecule has 1 aromatic carbocycles. The second-order valence-electron chi connectivity index (χ2n) is 6.15. The Morgan fingerprint density at radius 3 is 2.86 bits per heavy atom. The molecule has 3 N–H and O–H groups in total. The molecule has 1 heterocycles. The number of benzene rings is 1. The van der Waals surface area contributed by atoms with E-state index in [-0.39, 0.29) is 0 Å². The molecule has 2 rings (SSSR count). The molecule has 1 aliphatic heterocycles. The summed E-state index contributed by atoms with van der Waals surface area (Å²) in [6.45, 7) is 3.09. The molecule has 1 unspecified atom stereocenters. The SMILES string of the molecule is CCCCCCCC(CCc1ccc2c(c1)CCO2)NN. The number of aryl methyl sites for hydroxylation is 1. The number of fused-ring (bicyclic) bond motifs is 1. The monoisotopic (exact) mass is 290 g/mol. The van der Waals surface area contributed by atoms with Gasteiger partial charge in [-0.25, -0.2) is 0 Å². The van der Waals surface area contributed by atoms with Crippen LogP contribution in [-0.4, -0.2) is 12.6 Å². The van der Waals surface area contributed by atoms with Gasteiger partial charge in [0.15, 0.2) is 0 Å². The van der Waals surface area contributed by atoms with Crippen LogP contribution in [0.5, 0.6) is 5.75 Å². The van der Waals surface area contributed by atoms with Crippen molar-refractivity contribution in [2.75, 3.05) is 6.61 Å². The van der Waals surface area contributed by atoms with Crippen LogP contribution in [0.3, 0.4) is 0 Å². The topological polar surface area (TPSA) is 47.3 Å². The first-order chi connectivity index (χ1) is 10.3. The van der Waals surface area contributed by atoms with Gasteiger partial charge < -0.3 is 4.74 Å². The van der Waals surface area contributed by atoms with E-state index in [1.165, 1.54) is 49.7 Å². The highest BCUT2D eigenvalue weighted by Gasteiger charge is 2.13. The largest absolute Gasteiger partial charge is 0.493 e. The maximum atomic E-state index is 5.70. The number of nitrogens with two attached hydrogens (primary N) is 1. The van der Waals surface area contributed by atoms with Gasteiger partial charge in [-0.05, 0) is 36.5 Å². The van der Waals surface area contributed by atoms with Crippen molar-refractivity contribution < 1.29 is 4.74 Å². The summed E-state index contributed by atoms with van der Waals surface area (Å²) in [4.78, 5) is 0. The van der Waals surface area contributed by atoms with Gasteiger partial charge in [0.25, 0.3) is 0 Å². The number of nitrogens with one attached hydrogen (secondary N) is 1. The third-order valence-corrected chi connectivity index (χ3v) is 4.43. The van der Waals surface area contributed by atoms with Gasteiger partial charge in [-0.2, -0.15) is 0 Å². The molecule has 118 valence electrons. The van der Waals surface area contributed by atoms with E-state index < -0.39 is 0 Å². The highest BCUT2D eigenvalue weighted by molar-refractivity contribution is 5.39. The summed E-state index contributed by atoms with van der Waals surface area (Å²) in [7, 11) is 0. The average Bonchev–Trinajstić information content (AvgIpc) is 2.97. The predicted molar refractivity (Wildman–Crippen MR) is 88.4 cm³/mol. The molecule has 21 heavy (non-hydrogen) atoms. The number of hydrogen-bond donors (Lipinski definition) is 2. The molecular weight excluding hydrogens is 260 g/mol. The molecule has 1 aliphatic rings. The van der Waals surface area contributed by atoms with Crippen LogP contribution in [0, 0.1) is 0 Å². The second-order valence-corrected chi connectivity index (χ2v) is 6.15. The zero-order valence-corrected chi connectivity index (χ0v) is 13.4. The third-order valence-electron chi connectivity index (χ3n) is 4.43. The smallest absolute Gasteiger partial charge is 0.122 e. The van der Waals surface area contributed by atoms with Gasteiger partial charge in [-0.1, -0.05) is 51.2 Å². The maximum Gasteiger partial charge on any atom is 0.122 e. The fourth-order valence-corrected chi connectivity index (χ4v) is 3.04. The van der Waals surface area contributed by atoms with Gasteiger partial charge in [0.05, 0.1) is 6.61 Å². The molecule has 0 radical (unpaired) electrons. The minimum absolute atomic E-state index is 0.441. The first kappa shape index (κ1) is 16.3. The van der Waals surface area contributed by atoms with Crippen LogP contribution in [0.15, 0.2) is 18.2 Å². The molecule has 0 fully saturated rings. The lowest BCUT2D eigenvalue weighted by Crippen LogP contribution is -2.35. The van der Waals surface area contributed by atoms with E-state index in [9.17, 15) is 0 Å². The summed E-state index contributed by atoms with van der Waals surface area (Å²) in [6.07, 6.45) is 11.1. The Hall–Kier alpha value is -1.06. The standard InChI is InChI=1S/C18H30N2O/c1-2-3-4-5-6-7-17(20-19)10-8-15-9-11-18-16(14-15)12-13-21-18/h9,11,14,17,20H,2-8,10,12-13,19H2,1H3. The fraction of sp³-hybridized carbons (Fsp3) is 0.667. The maximum absolute atomic E-state index is 5.70. The lowest BCUT2D eigenvalue weighted by Gasteiger charge is -2.16. The number of hydrogen-bond acceptors (Lipinski definition) is 3. The molecule has 3 heteroatoms. The van der Waals surface area contributed by atoms with Crippen LogP contribution in [0.2, 0.25) is 0 Å². The highest BCUT2D eigenvalue weighted by Crippen LogP contribution is 2.26. The molecule has 0 amide bonds. The normalized spacial score (nSPS) is 14.8. The molecule has 1 atom stereocenters. The van der Waals surface area contributed by atoms with Gasteiger partial charge >= 0.3 is 0 Å². The molecule has 0 bridgehead atoms. The molecule has 3 nitrogen and oxygen atoms in total. The molecule has 0 aliphatic carbocycles. The molecule has 0 spiro atoms. The Morgan fingerprint density at radius 2 is 2.05 bits per heavy atom. The third kappa shape index (κ3) is 5.33. The summed E-state index contributed by atoms with van der Waals surface area (Å²) in [5.74, 6) is 6.77. The summed E-state index contributed by atoms with van der Waals surface area (Å²) in [6, 6.07) is 7.06. The minimum atomic E-state index is 0.441. The predicted octanol–water partition coefficient (Wildman–Crippen LogP) is 3.75. The number of hydrazine groups is 1. The van der Waals surface area contributed by atoms with E-state index in [2.05, 4.69) is 30.5 Å². The Labute approximate surface area is 129 Å². The first-order valence-electron chi connectivity index (χ1n) is 8.54. The molecule has 0 saturated heterocycles. The minimum Gasteiger partial charge on any atom is -0.493 e. The molecule has 0 saturated carbocycles. The zero-order chi connectivity index (χ0) is 14.9. The van der Waals surface area contributed by atoms with Crippen molar-refractivity contribution in [1.82, 2.24) is 5.43 Å². The lowest BCUT2D eigenvalue weighted by molar-refractivity contribution is 0.357. The summed E-state index contributed by atoms with van der Waals surface area (Å²) in [5, 5.41) is 0. The van der Waals surface area contributed by atoms with E-state index in [0.717, 1.165) is 31.6 Å². The fourth-order valence-electron chi connectivity index (χ4n) is 3.04. The van der Waals surface area contributed by atoms with Gasteiger partial charge in [-0.3, -0.25) is 11.3 Å². The van der Waals surface area contributed by atoms with E-state index in [1.54, 1.807) is 0 Å². The second kappa shape index (κ2) is 9.06. The Bertz CT molecular complexity index is 420. The van der Waals surface area contributed by atoms with Crippen molar-refractivity contribution in [2.24, 2.45) is 5.84 Å². The van der Waals surface area contributed by atoms with Crippen molar-refractivity contribution in [3.8, 4) is 5.75 Å². The van der Waals surface area contributed by atoms with Crippen molar-refractivity contribution >= 4 is 0 Å². The van der Waals surface area contributed by atoms with Gasteiger partial charge in [0.2, 0.25) is 0 Å². The van der Waals surface area contributed by atoms with Gasteiger partial charge in [0.1, 0.15) is 5.75 Å². The Morgan fingerprint density at radius 1 is 1.19 bits per heavy atom. The number of ether oxygens (including phenoxy) is 1. The Balaban J connectivity index is 1.70. The van der Waals surface area contributed by atoms with Gasteiger partial charge in [-0.15, -0.1) is 0 Å².